The summed E-state index contributed by atoms with van der Waals surface area (Å²) >= 11 is 2.32. The highest BCUT2D eigenvalue weighted by atomic mass is 127. The number of benzene rings is 1. The van der Waals surface area contributed by atoms with E-state index < -0.39 is 0 Å². The molecule has 0 aliphatic carbocycles. The van der Waals surface area contributed by atoms with Crippen molar-refractivity contribution in [3.05, 3.63) is 33.4 Å². The summed E-state index contributed by atoms with van der Waals surface area (Å²) < 4.78 is 6.88. The Morgan fingerprint density at radius 3 is 2.47 bits per heavy atom. The average Bonchev–Trinajstić information content (AvgIpc) is 2.26. The summed E-state index contributed by atoms with van der Waals surface area (Å²) in [6, 6.07) is 8.51. The van der Waals surface area contributed by atoms with E-state index in [9.17, 15) is 0 Å². The van der Waals surface area contributed by atoms with Gasteiger partial charge in [-0.05, 0) is 46.7 Å². The summed E-state index contributed by atoms with van der Waals surface area (Å²) in [5.74, 6) is 0. The summed E-state index contributed by atoms with van der Waals surface area (Å²) in [4.78, 5) is 0. The van der Waals surface area contributed by atoms with Crippen LogP contribution in [0.1, 0.15) is 38.2 Å². The van der Waals surface area contributed by atoms with Gasteiger partial charge in [-0.25, -0.2) is 0 Å². The van der Waals surface area contributed by atoms with Crippen LogP contribution < -0.4 is 0 Å². The lowest BCUT2D eigenvalue weighted by atomic mass is 10.2. The Morgan fingerprint density at radius 1 is 1.07 bits per heavy atom. The lowest BCUT2D eigenvalue weighted by Gasteiger charge is -2.04. The van der Waals surface area contributed by atoms with Gasteiger partial charge in [-0.2, -0.15) is 0 Å². The minimum atomic E-state index is 0.753. The van der Waals surface area contributed by atoms with E-state index in [0.29, 0.717) is 0 Å². The molecule has 0 atom stereocenters. The number of ether oxygens (including phenoxy) is 1. The Bertz CT molecular complexity index is 256. The van der Waals surface area contributed by atoms with Crippen LogP contribution in [0.25, 0.3) is 0 Å². The molecule has 0 saturated heterocycles. The molecule has 0 radical (unpaired) electrons. The normalized spacial score (nSPS) is 10.5. The molecular formula is C13H19IO. The van der Waals surface area contributed by atoms with E-state index in [1.165, 1.54) is 34.8 Å². The fourth-order valence-corrected chi connectivity index (χ4v) is 1.76. The second-order valence-electron chi connectivity index (χ2n) is 3.74. The third kappa shape index (κ3) is 6.15. The van der Waals surface area contributed by atoms with E-state index in [1.54, 1.807) is 0 Å². The molecule has 0 saturated carbocycles. The van der Waals surface area contributed by atoms with E-state index in [1.807, 2.05) is 0 Å². The van der Waals surface area contributed by atoms with Crippen LogP contribution in [0.5, 0.6) is 0 Å². The Balaban J connectivity index is 2.07. The molecule has 0 aliphatic heterocycles. The largest absolute Gasteiger partial charge is 0.377 e. The lowest BCUT2D eigenvalue weighted by Crippen LogP contribution is -1.95. The summed E-state index contributed by atoms with van der Waals surface area (Å²) in [5.41, 5.74) is 1.27. The molecule has 0 unspecified atom stereocenters. The van der Waals surface area contributed by atoms with Gasteiger partial charge in [0.25, 0.3) is 0 Å². The van der Waals surface area contributed by atoms with Crippen LogP contribution in [-0.2, 0) is 11.3 Å². The summed E-state index contributed by atoms with van der Waals surface area (Å²) in [5, 5.41) is 0. The topological polar surface area (TPSA) is 9.23 Å². The molecule has 1 rings (SSSR count). The van der Waals surface area contributed by atoms with Gasteiger partial charge in [0, 0.05) is 10.2 Å². The molecule has 0 spiro atoms. The number of halogens is 1. The van der Waals surface area contributed by atoms with Gasteiger partial charge in [-0.1, -0.05) is 38.3 Å². The monoisotopic (exact) mass is 318 g/mol. The molecule has 15 heavy (non-hydrogen) atoms. The zero-order valence-corrected chi connectivity index (χ0v) is 11.5. The first kappa shape index (κ1) is 13.0. The molecule has 0 bridgehead atoms. The minimum Gasteiger partial charge on any atom is -0.377 e. The van der Waals surface area contributed by atoms with Gasteiger partial charge in [0.1, 0.15) is 0 Å². The van der Waals surface area contributed by atoms with Crippen LogP contribution in [0.4, 0.5) is 0 Å². The van der Waals surface area contributed by atoms with Crippen molar-refractivity contribution in [1.29, 1.82) is 0 Å². The smallest absolute Gasteiger partial charge is 0.0716 e. The molecule has 1 aromatic rings. The highest BCUT2D eigenvalue weighted by Gasteiger charge is 1.93. The van der Waals surface area contributed by atoms with Crippen molar-refractivity contribution < 1.29 is 4.74 Å². The van der Waals surface area contributed by atoms with E-state index >= 15 is 0 Å². The van der Waals surface area contributed by atoms with E-state index in [-0.39, 0.29) is 0 Å². The predicted molar refractivity (Wildman–Crippen MR) is 73.0 cm³/mol. The van der Waals surface area contributed by atoms with E-state index in [4.69, 9.17) is 4.74 Å². The maximum absolute atomic E-state index is 5.60. The van der Waals surface area contributed by atoms with Gasteiger partial charge in [0.2, 0.25) is 0 Å². The Morgan fingerprint density at radius 2 is 1.80 bits per heavy atom. The molecule has 0 N–H and O–H groups in total. The van der Waals surface area contributed by atoms with E-state index in [2.05, 4.69) is 53.8 Å². The van der Waals surface area contributed by atoms with Crippen molar-refractivity contribution in [3.8, 4) is 0 Å². The highest BCUT2D eigenvalue weighted by molar-refractivity contribution is 14.1. The number of unbranched alkanes of at least 4 members (excludes halogenated alkanes) is 3. The molecular weight excluding hydrogens is 299 g/mol. The number of rotatable bonds is 7. The van der Waals surface area contributed by atoms with Crippen LogP contribution in [0.15, 0.2) is 24.3 Å². The van der Waals surface area contributed by atoms with Gasteiger partial charge in [-0.15, -0.1) is 0 Å². The van der Waals surface area contributed by atoms with Gasteiger partial charge in [0.05, 0.1) is 6.61 Å². The Kier molecular flexibility index (Phi) is 7.01. The van der Waals surface area contributed by atoms with Crippen molar-refractivity contribution in [2.24, 2.45) is 0 Å². The first-order chi connectivity index (χ1) is 7.33. The molecule has 0 aromatic heterocycles. The van der Waals surface area contributed by atoms with Crippen molar-refractivity contribution in [1.82, 2.24) is 0 Å². The third-order valence-corrected chi connectivity index (χ3v) is 3.04. The van der Waals surface area contributed by atoms with Crippen molar-refractivity contribution in [2.45, 2.75) is 39.2 Å². The van der Waals surface area contributed by atoms with Crippen LogP contribution in [-0.4, -0.2) is 6.61 Å². The summed E-state index contributed by atoms with van der Waals surface area (Å²) in [6.07, 6.45) is 5.10. The van der Waals surface area contributed by atoms with Gasteiger partial charge in [0.15, 0.2) is 0 Å². The zero-order chi connectivity index (χ0) is 10.9. The summed E-state index contributed by atoms with van der Waals surface area (Å²) in [6.45, 7) is 3.88. The van der Waals surface area contributed by atoms with Crippen LogP contribution in [0, 0.1) is 3.57 Å². The number of hydrogen-bond acceptors (Lipinski definition) is 1. The van der Waals surface area contributed by atoms with E-state index in [0.717, 1.165) is 13.2 Å². The minimum absolute atomic E-state index is 0.753. The highest BCUT2D eigenvalue weighted by Crippen LogP contribution is 2.08. The maximum Gasteiger partial charge on any atom is 0.0716 e. The second-order valence-corrected chi connectivity index (χ2v) is 4.99. The summed E-state index contributed by atoms with van der Waals surface area (Å²) in [7, 11) is 0. The maximum atomic E-state index is 5.60. The molecule has 2 heteroatoms. The molecule has 0 aliphatic rings. The van der Waals surface area contributed by atoms with Crippen LogP contribution in [0.2, 0.25) is 0 Å². The van der Waals surface area contributed by atoms with Crippen LogP contribution >= 0.6 is 22.6 Å². The lowest BCUT2D eigenvalue weighted by molar-refractivity contribution is 0.117. The molecule has 1 aromatic carbocycles. The predicted octanol–water partition coefficient (Wildman–Crippen LogP) is 4.39. The van der Waals surface area contributed by atoms with Gasteiger partial charge < -0.3 is 4.74 Å². The van der Waals surface area contributed by atoms with Crippen LogP contribution in [0.3, 0.4) is 0 Å². The molecule has 0 fully saturated rings. The molecule has 0 heterocycles. The first-order valence-corrected chi connectivity index (χ1v) is 6.73. The van der Waals surface area contributed by atoms with Crippen molar-refractivity contribution in [2.75, 3.05) is 6.61 Å². The Labute approximate surface area is 106 Å². The quantitative estimate of drug-likeness (QED) is 0.535. The van der Waals surface area contributed by atoms with Gasteiger partial charge >= 0.3 is 0 Å². The number of hydrogen-bond donors (Lipinski definition) is 0. The zero-order valence-electron chi connectivity index (χ0n) is 9.34. The SMILES string of the molecule is CCCCCCOCc1ccc(I)cc1. The van der Waals surface area contributed by atoms with Crippen molar-refractivity contribution in [3.63, 3.8) is 0 Å². The molecule has 1 nitrogen and oxygen atoms in total. The Hall–Kier alpha value is -0.0900. The first-order valence-electron chi connectivity index (χ1n) is 5.65. The fraction of sp³-hybridized carbons (Fsp3) is 0.538. The standard InChI is InChI=1S/C13H19IO/c1-2-3-4-5-10-15-11-12-6-8-13(14)9-7-12/h6-9H,2-5,10-11H2,1H3. The van der Waals surface area contributed by atoms with Gasteiger partial charge in [-0.3, -0.25) is 0 Å². The van der Waals surface area contributed by atoms with Crippen molar-refractivity contribution >= 4 is 22.6 Å². The average molecular weight is 318 g/mol. The fourth-order valence-electron chi connectivity index (χ4n) is 1.40. The molecule has 84 valence electrons. The molecule has 0 amide bonds. The third-order valence-electron chi connectivity index (χ3n) is 2.32. The second kappa shape index (κ2) is 8.11.